The summed E-state index contributed by atoms with van der Waals surface area (Å²) >= 11 is 0. The van der Waals surface area contributed by atoms with Gasteiger partial charge in [-0.05, 0) is 57.2 Å². The lowest BCUT2D eigenvalue weighted by molar-refractivity contribution is -0.120. The van der Waals surface area contributed by atoms with E-state index in [1.807, 2.05) is 0 Å². The van der Waals surface area contributed by atoms with Crippen LogP contribution in [-0.4, -0.2) is 47.2 Å². The van der Waals surface area contributed by atoms with Gasteiger partial charge in [-0.1, -0.05) is 0 Å². The van der Waals surface area contributed by atoms with Crippen molar-refractivity contribution in [2.45, 2.75) is 44.9 Å². The Balaban J connectivity index is 0.00000192. The number of nitrogens with one attached hydrogen (secondary N) is 2. The molecule has 1 aliphatic carbocycles. The number of halogens is 1. The summed E-state index contributed by atoms with van der Waals surface area (Å²) in [5, 5.41) is 9.62. The van der Waals surface area contributed by atoms with Crippen LogP contribution in [0.3, 0.4) is 0 Å². The average Bonchev–Trinajstić information content (AvgIpc) is 3.04. The highest BCUT2D eigenvalue weighted by Gasteiger charge is 2.19. The molecule has 2 aliphatic rings. The highest BCUT2D eigenvalue weighted by molar-refractivity contribution is 5.85. The molecule has 0 unspecified atom stereocenters. The summed E-state index contributed by atoms with van der Waals surface area (Å²) in [6.45, 7) is 3.89. The van der Waals surface area contributed by atoms with Gasteiger partial charge in [0.05, 0.1) is 12.1 Å². The zero-order chi connectivity index (χ0) is 15.4. The largest absolute Gasteiger partial charge is 0.354 e. The third-order valence-electron chi connectivity index (χ3n) is 4.66. The van der Waals surface area contributed by atoms with Gasteiger partial charge in [-0.25, -0.2) is 5.10 Å². The molecule has 1 fully saturated rings. The van der Waals surface area contributed by atoms with Gasteiger partial charge in [-0.3, -0.25) is 9.59 Å². The molecule has 7 heteroatoms. The fourth-order valence-corrected chi connectivity index (χ4v) is 3.45. The van der Waals surface area contributed by atoms with Crippen molar-refractivity contribution in [3.05, 3.63) is 27.2 Å². The molecule has 1 aromatic heterocycles. The minimum atomic E-state index is -0.0899. The molecule has 2 N–H and O–H groups in total. The van der Waals surface area contributed by atoms with Crippen molar-refractivity contribution in [3.8, 4) is 0 Å². The monoisotopic (exact) mass is 340 g/mol. The van der Waals surface area contributed by atoms with E-state index in [2.05, 4.69) is 20.4 Å². The molecular weight excluding hydrogens is 316 g/mol. The lowest BCUT2D eigenvalue weighted by Gasteiger charge is -2.17. The summed E-state index contributed by atoms with van der Waals surface area (Å²) in [6, 6.07) is 0. The number of nitrogens with zero attached hydrogens (tertiary/aromatic N) is 2. The van der Waals surface area contributed by atoms with Crippen LogP contribution in [0.5, 0.6) is 0 Å². The smallest absolute Gasteiger partial charge is 0.267 e. The van der Waals surface area contributed by atoms with Crippen molar-refractivity contribution in [1.82, 2.24) is 20.4 Å². The molecule has 0 bridgehead atoms. The van der Waals surface area contributed by atoms with Gasteiger partial charge in [-0.2, -0.15) is 5.10 Å². The maximum Gasteiger partial charge on any atom is 0.267 e. The zero-order valence-electron chi connectivity index (χ0n) is 13.4. The second kappa shape index (κ2) is 8.45. The first-order chi connectivity index (χ1) is 10.7. The number of aromatic amines is 1. The van der Waals surface area contributed by atoms with Crippen LogP contribution in [0.25, 0.3) is 0 Å². The van der Waals surface area contributed by atoms with E-state index in [-0.39, 0.29) is 30.3 Å². The summed E-state index contributed by atoms with van der Waals surface area (Å²) < 4.78 is 0. The maximum atomic E-state index is 12.1. The molecule has 3 rings (SSSR count). The zero-order valence-corrected chi connectivity index (χ0v) is 14.2. The van der Waals surface area contributed by atoms with Gasteiger partial charge in [0.1, 0.15) is 0 Å². The molecular formula is C16H25ClN4O2. The van der Waals surface area contributed by atoms with Crippen molar-refractivity contribution >= 4 is 18.3 Å². The minimum Gasteiger partial charge on any atom is -0.354 e. The van der Waals surface area contributed by atoms with E-state index < -0.39 is 0 Å². The maximum absolute atomic E-state index is 12.1. The first-order valence-electron chi connectivity index (χ1n) is 8.32. The van der Waals surface area contributed by atoms with Gasteiger partial charge in [0.25, 0.3) is 5.56 Å². The van der Waals surface area contributed by atoms with Crippen LogP contribution in [0.2, 0.25) is 0 Å². The van der Waals surface area contributed by atoms with E-state index in [0.29, 0.717) is 6.54 Å². The molecule has 0 radical (unpaired) electrons. The molecule has 0 spiro atoms. The summed E-state index contributed by atoms with van der Waals surface area (Å²) in [7, 11) is 0. The highest BCUT2D eigenvalue weighted by atomic mass is 35.5. The Kier molecular flexibility index (Phi) is 6.59. The Hall–Kier alpha value is -1.40. The second-order valence-electron chi connectivity index (χ2n) is 6.24. The average molecular weight is 341 g/mol. The lowest BCUT2D eigenvalue weighted by Crippen LogP contribution is -2.35. The fourth-order valence-electron chi connectivity index (χ4n) is 3.45. The summed E-state index contributed by atoms with van der Waals surface area (Å²) in [5.74, 6) is -0.00785. The Bertz CT molecular complexity index is 596. The van der Waals surface area contributed by atoms with Gasteiger partial charge in [0.2, 0.25) is 5.91 Å². The molecule has 0 aromatic carbocycles. The van der Waals surface area contributed by atoms with Crippen LogP contribution in [0, 0.1) is 0 Å². The Morgan fingerprint density at radius 1 is 1.13 bits per heavy atom. The van der Waals surface area contributed by atoms with Crippen LogP contribution in [0.4, 0.5) is 0 Å². The first kappa shape index (κ1) is 17.9. The van der Waals surface area contributed by atoms with E-state index >= 15 is 0 Å². The lowest BCUT2D eigenvalue weighted by atomic mass is 9.91. The molecule has 1 aliphatic heterocycles. The molecule has 6 nitrogen and oxygen atoms in total. The Morgan fingerprint density at radius 2 is 1.83 bits per heavy atom. The standard InChI is InChI=1S/C16H24N4O2.ClH/c21-15(17-7-10-20-8-3-4-9-20)11-14-12-5-1-2-6-13(12)16(22)19-18-14;/h1-11H2,(H,17,21)(H,19,22);1H. The van der Waals surface area contributed by atoms with Crippen LogP contribution in [-0.2, 0) is 24.1 Å². The third-order valence-corrected chi connectivity index (χ3v) is 4.66. The quantitative estimate of drug-likeness (QED) is 0.832. The first-order valence-corrected chi connectivity index (χ1v) is 8.32. The number of rotatable bonds is 5. The number of hydrogen-bond acceptors (Lipinski definition) is 4. The van der Waals surface area contributed by atoms with Gasteiger partial charge < -0.3 is 10.2 Å². The fraction of sp³-hybridized carbons (Fsp3) is 0.688. The van der Waals surface area contributed by atoms with E-state index in [9.17, 15) is 9.59 Å². The van der Waals surface area contributed by atoms with Gasteiger partial charge in [0, 0.05) is 18.7 Å². The highest BCUT2D eigenvalue weighted by Crippen LogP contribution is 2.20. The van der Waals surface area contributed by atoms with Crippen molar-refractivity contribution < 1.29 is 4.79 Å². The van der Waals surface area contributed by atoms with Crippen LogP contribution in [0.15, 0.2) is 4.79 Å². The van der Waals surface area contributed by atoms with Crippen molar-refractivity contribution in [2.75, 3.05) is 26.2 Å². The minimum absolute atomic E-state index is 0. The third kappa shape index (κ3) is 4.54. The summed E-state index contributed by atoms with van der Waals surface area (Å²) in [5.41, 5.74) is 2.49. The molecule has 23 heavy (non-hydrogen) atoms. The van der Waals surface area contributed by atoms with E-state index in [1.165, 1.54) is 12.8 Å². The Labute approximate surface area is 142 Å². The molecule has 1 amide bonds. The van der Waals surface area contributed by atoms with Crippen molar-refractivity contribution in [2.24, 2.45) is 0 Å². The predicted octanol–water partition coefficient (Wildman–Crippen LogP) is 0.825. The van der Waals surface area contributed by atoms with E-state index in [4.69, 9.17) is 0 Å². The second-order valence-corrected chi connectivity index (χ2v) is 6.24. The van der Waals surface area contributed by atoms with Crippen molar-refractivity contribution in [1.29, 1.82) is 0 Å². The number of likely N-dealkylation sites (tertiary alicyclic amines) is 1. The van der Waals surface area contributed by atoms with Gasteiger partial charge in [-0.15, -0.1) is 12.4 Å². The van der Waals surface area contributed by atoms with Gasteiger partial charge >= 0.3 is 0 Å². The summed E-state index contributed by atoms with van der Waals surface area (Å²) in [4.78, 5) is 26.3. The Morgan fingerprint density at radius 3 is 2.57 bits per heavy atom. The number of fused-ring (bicyclic) bond motifs is 1. The topological polar surface area (TPSA) is 78.1 Å². The van der Waals surface area contributed by atoms with Crippen molar-refractivity contribution in [3.63, 3.8) is 0 Å². The molecule has 2 heterocycles. The SMILES string of the molecule is Cl.O=C(Cc1n[nH]c(=O)c2c1CCCC2)NCCN1CCCC1. The normalized spacial score (nSPS) is 17.4. The number of aromatic nitrogens is 2. The molecule has 1 aromatic rings. The van der Waals surface area contributed by atoms with Crippen LogP contribution in [0.1, 0.15) is 42.5 Å². The predicted molar refractivity (Wildman–Crippen MR) is 91.1 cm³/mol. The number of amides is 1. The number of carbonyl (C=O) groups excluding carboxylic acids is 1. The molecule has 0 atom stereocenters. The summed E-state index contributed by atoms with van der Waals surface area (Å²) in [6.07, 6.45) is 6.57. The van der Waals surface area contributed by atoms with E-state index in [0.717, 1.165) is 62.1 Å². The van der Waals surface area contributed by atoms with E-state index in [1.54, 1.807) is 0 Å². The number of H-pyrrole nitrogens is 1. The van der Waals surface area contributed by atoms with Crippen LogP contribution < -0.4 is 10.9 Å². The number of hydrogen-bond donors (Lipinski definition) is 2. The van der Waals surface area contributed by atoms with Gasteiger partial charge in [0.15, 0.2) is 0 Å². The van der Waals surface area contributed by atoms with Crippen LogP contribution >= 0.6 is 12.4 Å². The number of carbonyl (C=O) groups is 1. The molecule has 128 valence electrons. The molecule has 0 saturated carbocycles. The molecule has 1 saturated heterocycles.